The number of aromatic nitrogens is 1. The molecule has 0 bridgehead atoms. The number of hydrogen-bond acceptors (Lipinski definition) is 5. The van der Waals surface area contributed by atoms with Gasteiger partial charge >= 0.3 is 0 Å². The Morgan fingerprint density at radius 3 is 2.88 bits per heavy atom. The van der Waals surface area contributed by atoms with Gasteiger partial charge in [-0.2, -0.15) is 0 Å². The van der Waals surface area contributed by atoms with Gasteiger partial charge in [-0.25, -0.2) is 0 Å². The van der Waals surface area contributed by atoms with Crippen molar-refractivity contribution >= 4 is 0 Å². The molecule has 1 fully saturated rings. The van der Waals surface area contributed by atoms with Crippen LogP contribution in [0.3, 0.4) is 0 Å². The average Bonchev–Trinajstić information content (AvgIpc) is 3.15. The minimum atomic E-state index is 0.204. The molecule has 3 rings (SSSR count). The summed E-state index contributed by atoms with van der Waals surface area (Å²) in [5.41, 5.74) is 2.32. The highest BCUT2D eigenvalue weighted by atomic mass is 16.5. The second-order valence-corrected chi connectivity index (χ2v) is 5.90. The zero-order chi connectivity index (χ0) is 16.6. The molecule has 0 saturated carbocycles. The molecule has 2 heterocycles. The molecule has 0 spiro atoms. The van der Waals surface area contributed by atoms with Crippen molar-refractivity contribution in [3.05, 3.63) is 53.9 Å². The van der Waals surface area contributed by atoms with Gasteiger partial charge in [-0.05, 0) is 42.2 Å². The van der Waals surface area contributed by atoms with E-state index in [1.54, 1.807) is 13.3 Å². The minimum absolute atomic E-state index is 0.204. The first kappa shape index (κ1) is 16.7. The maximum absolute atomic E-state index is 5.86. The lowest BCUT2D eigenvalue weighted by molar-refractivity contribution is 0.0669. The van der Waals surface area contributed by atoms with Gasteiger partial charge in [-0.1, -0.05) is 12.1 Å². The molecule has 1 atom stereocenters. The molecule has 1 unspecified atom stereocenters. The summed E-state index contributed by atoms with van der Waals surface area (Å²) in [7, 11) is 1.67. The van der Waals surface area contributed by atoms with Gasteiger partial charge in [0.1, 0.15) is 6.61 Å². The van der Waals surface area contributed by atoms with E-state index in [9.17, 15) is 0 Å². The van der Waals surface area contributed by atoms with Crippen molar-refractivity contribution in [3.8, 4) is 11.5 Å². The summed E-state index contributed by atoms with van der Waals surface area (Å²) in [6.07, 6.45) is 6.04. The summed E-state index contributed by atoms with van der Waals surface area (Å²) in [6, 6.07) is 10.0. The lowest BCUT2D eigenvalue weighted by Gasteiger charge is -2.15. The molecular formula is C19H24N2O3. The SMILES string of the molecule is COc1cc(CNCc2cccnc2)ccc1OCC1CCCO1. The van der Waals surface area contributed by atoms with E-state index in [0.29, 0.717) is 6.61 Å². The van der Waals surface area contributed by atoms with E-state index in [1.165, 1.54) is 5.56 Å². The van der Waals surface area contributed by atoms with Crippen LogP contribution in [0.25, 0.3) is 0 Å². The predicted molar refractivity (Wildman–Crippen MR) is 92.2 cm³/mol. The first-order valence-corrected chi connectivity index (χ1v) is 8.36. The van der Waals surface area contributed by atoms with Crippen LogP contribution in [0.5, 0.6) is 11.5 Å². The topological polar surface area (TPSA) is 52.6 Å². The van der Waals surface area contributed by atoms with Crippen LogP contribution in [0.15, 0.2) is 42.7 Å². The molecule has 5 nitrogen and oxygen atoms in total. The van der Waals surface area contributed by atoms with E-state index in [2.05, 4.69) is 22.4 Å². The number of methoxy groups -OCH3 is 1. The van der Waals surface area contributed by atoms with Crippen LogP contribution in [0.1, 0.15) is 24.0 Å². The van der Waals surface area contributed by atoms with E-state index in [4.69, 9.17) is 14.2 Å². The van der Waals surface area contributed by atoms with E-state index >= 15 is 0 Å². The van der Waals surface area contributed by atoms with Crippen molar-refractivity contribution in [2.45, 2.75) is 32.0 Å². The zero-order valence-corrected chi connectivity index (χ0v) is 14.0. The van der Waals surface area contributed by atoms with Crippen LogP contribution in [-0.4, -0.2) is 31.4 Å². The highest BCUT2D eigenvalue weighted by Crippen LogP contribution is 2.29. The molecule has 1 N–H and O–H groups in total. The van der Waals surface area contributed by atoms with E-state index < -0.39 is 0 Å². The second kappa shape index (κ2) is 8.66. The number of pyridine rings is 1. The van der Waals surface area contributed by atoms with Crippen molar-refractivity contribution in [1.82, 2.24) is 10.3 Å². The van der Waals surface area contributed by atoms with Gasteiger partial charge in [-0.15, -0.1) is 0 Å². The van der Waals surface area contributed by atoms with Gasteiger partial charge in [0.05, 0.1) is 13.2 Å². The highest BCUT2D eigenvalue weighted by molar-refractivity contribution is 5.43. The molecule has 1 aromatic heterocycles. The smallest absolute Gasteiger partial charge is 0.161 e. The van der Waals surface area contributed by atoms with E-state index in [1.807, 2.05) is 24.4 Å². The maximum atomic E-state index is 5.86. The molecule has 1 aliphatic rings. The Balaban J connectivity index is 1.52. The van der Waals surface area contributed by atoms with Crippen molar-refractivity contribution in [3.63, 3.8) is 0 Å². The molecule has 0 aliphatic carbocycles. The summed E-state index contributed by atoms with van der Waals surface area (Å²) >= 11 is 0. The standard InChI is InChI=1S/C19H24N2O3/c1-22-19-10-15(11-21-13-16-4-2-8-20-12-16)6-7-18(19)24-14-17-5-3-9-23-17/h2,4,6-8,10,12,17,21H,3,5,9,11,13-14H2,1H3. The monoisotopic (exact) mass is 328 g/mol. The predicted octanol–water partition coefficient (Wildman–Crippen LogP) is 2.94. The van der Waals surface area contributed by atoms with E-state index in [-0.39, 0.29) is 6.10 Å². The lowest BCUT2D eigenvalue weighted by Crippen LogP contribution is -2.16. The van der Waals surface area contributed by atoms with Crippen LogP contribution in [0.4, 0.5) is 0 Å². The number of nitrogens with one attached hydrogen (secondary N) is 1. The van der Waals surface area contributed by atoms with Gasteiger partial charge in [-0.3, -0.25) is 4.98 Å². The van der Waals surface area contributed by atoms with Crippen molar-refractivity contribution in [2.75, 3.05) is 20.3 Å². The van der Waals surface area contributed by atoms with Crippen LogP contribution < -0.4 is 14.8 Å². The number of ether oxygens (including phenoxy) is 3. The Hall–Kier alpha value is -2.11. The normalized spacial score (nSPS) is 17.0. The van der Waals surface area contributed by atoms with Crippen molar-refractivity contribution in [1.29, 1.82) is 0 Å². The second-order valence-electron chi connectivity index (χ2n) is 5.90. The van der Waals surface area contributed by atoms with Gasteiger partial charge in [0.15, 0.2) is 11.5 Å². The first-order valence-electron chi connectivity index (χ1n) is 8.36. The molecule has 1 aromatic carbocycles. The van der Waals surface area contributed by atoms with Crippen LogP contribution in [0.2, 0.25) is 0 Å². The molecule has 2 aromatic rings. The molecular weight excluding hydrogens is 304 g/mol. The number of hydrogen-bond donors (Lipinski definition) is 1. The van der Waals surface area contributed by atoms with Gasteiger partial charge in [0, 0.05) is 32.1 Å². The van der Waals surface area contributed by atoms with Gasteiger partial charge in [0.25, 0.3) is 0 Å². The minimum Gasteiger partial charge on any atom is -0.493 e. The van der Waals surface area contributed by atoms with Crippen LogP contribution in [-0.2, 0) is 17.8 Å². The first-order chi connectivity index (χ1) is 11.8. The maximum Gasteiger partial charge on any atom is 0.161 e. The third-order valence-electron chi connectivity index (χ3n) is 4.06. The van der Waals surface area contributed by atoms with Crippen molar-refractivity contribution in [2.24, 2.45) is 0 Å². The largest absolute Gasteiger partial charge is 0.493 e. The Morgan fingerprint density at radius 2 is 2.12 bits per heavy atom. The fraction of sp³-hybridized carbons (Fsp3) is 0.421. The summed E-state index contributed by atoms with van der Waals surface area (Å²) in [6.45, 7) is 2.96. The number of nitrogens with zero attached hydrogens (tertiary/aromatic N) is 1. The fourth-order valence-electron chi connectivity index (χ4n) is 2.75. The summed E-state index contributed by atoms with van der Waals surface area (Å²) in [5, 5.41) is 3.41. The van der Waals surface area contributed by atoms with Gasteiger partial charge < -0.3 is 19.5 Å². The molecule has 1 aliphatic heterocycles. The van der Waals surface area contributed by atoms with E-state index in [0.717, 1.165) is 49.6 Å². The Labute approximate surface area is 143 Å². The molecule has 5 heteroatoms. The summed E-state index contributed by atoms with van der Waals surface area (Å²) in [4.78, 5) is 4.12. The third kappa shape index (κ3) is 4.69. The number of rotatable bonds is 8. The fourth-order valence-corrected chi connectivity index (χ4v) is 2.75. The Kier molecular flexibility index (Phi) is 6.04. The Morgan fingerprint density at radius 1 is 1.21 bits per heavy atom. The summed E-state index contributed by atoms with van der Waals surface area (Å²) in [5.74, 6) is 1.53. The highest BCUT2D eigenvalue weighted by Gasteiger charge is 2.17. The van der Waals surface area contributed by atoms with Gasteiger partial charge in [0.2, 0.25) is 0 Å². The third-order valence-corrected chi connectivity index (χ3v) is 4.06. The zero-order valence-electron chi connectivity index (χ0n) is 14.0. The molecule has 0 amide bonds. The van der Waals surface area contributed by atoms with Crippen molar-refractivity contribution < 1.29 is 14.2 Å². The molecule has 24 heavy (non-hydrogen) atoms. The Bertz CT molecular complexity index is 628. The van der Waals surface area contributed by atoms with Crippen LogP contribution in [0, 0.1) is 0 Å². The van der Waals surface area contributed by atoms with Crippen LogP contribution >= 0.6 is 0 Å². The molecule has 128 valence electrons. The lowest BCUT2D eigenvalue weighted by atomic mass is 10.2. The molecule has 1 saturated heterocycles. The quantitative estimate of drug-likeness (QED) is 0.807. The molecule has 0 radical (unpaired) electrons. The number of benzene rings is 1. The average molecular weight is 328 g/mol. The summed E-state index contributed by atoms with van der Waals surface area (Å²) < 4.78 is 16.9.